The zero-order valence-corrected chi connectivity index (χ0v) is 21.4. The Hall–Kier alpha value is -3.07. The molecule has 0 saturated heterocycles. The second kappa shape index (κ2) is 10.7. The van der Waals surface area contributed by atoms with Crippen molar-refractivity contribution >= 4 is 50.7 Å². The number of nitrogens with zero attached hydrogens (tertiary/aromatic N) is 2. The summed E-state index contributed by atoms with van der Waals surface area (Å²) in [5.74, 6) is 0.111. The molecule has 10 heteroatoms. The number of ether oxygens (including phenoxy) is 2. The summed E-state index contributed by atoms with van der Waals surface area (Å²) in [5.41, 5.74) is 0.743. The SMILES string of the molecule is CC(=O)OCCCn1c(=O)c2c(Cc3ccc(Cl)cc3)c(Oc3cccc(Cl)c3)sc2n(C)c1=O. The van der Waals surface area contributed by atoms with E-state index in [0.717, 1.165) is 5.56 Å². The molecule has 4 rings (SSSR count). The third kappa shape index (κ3) is 5.61. The maximum absolute atomic E-state index is 13.6. The van der Waals surface area contributed by atoms with Gasteiger partial charge in [0.05, 0.1) is 12.0 Å². The molecule has 0 fully saturated rings. The Bertz CT molecular complexity index is 1510. The van der Waals surface area contributed by atoms with E-state index in [1.165, 1.54) is 27.4 Å². The lowest BCUT2D eigenvalue weighted by Gasteiger charge is -2.10. The van der Waals surface area contributed by atoms with Gasteiger partial charge in [0.2, 0.25) is 0 Å². The van der Waals surface area contributed by atoms with E-state index >= 15 is 0 Å². The fourth-order valence-electron chi connectivity index (χ4n) is 3.70. The lowest BCUT2D eigenvalue weighted by Crippen LogP contribution is -2.39. The normalized spacial score (nSPS) is 11.1. The van der Waals surface area contributed by atoms with Gasteiger partial charge in [-0.05, 0) is 42.3 Å². The van der Waals surface area contributed by atoms with Gasteiger partial charge in [0.15, 0.2) is 5.06 Å². The van der Waals surface area contributed by atoms with Gasteiger partial charge in [0.1, 0.15) is 10.6 Å². The topological polar surface area (TPSA) is 79.5 Å². The van der Waals surface area contributed by atoms with Crippen molar-refractivity contribution in [3.8, 4) is 10.8 Å². The van der Waals surface area contributed by atoms with Crippen LogP contribution in [0.4, 0.5) is 0 Å². The van der Waals surface area contributed by atoms with Crippen molar-refractivity contribution in [3.63, 3.8) is 0 Å². The van der Waals surface area contributed by atoms with Gasteiger partial charge in [-0.3, -0.25) is 18.7 Å². The number of thiophene rings is 1. The van der Waals surface area contributed by atoms with Crippen LogP contribution in [0.1, 0.15) is 24.5 Å². The van der Waals surface area contributed by atoms with Gasteiger partial charge in [-0.15, -0.1) is 0 Å². The maximum atomic E-state index is 13.6. The summed E-state index contributed by atoms with van der Waals surface area (Å²) >= 11 is 13.4. The molecule has 0 atom stereocenters. The summed E-state index contributed by atoms with van der Waals surface area (Å²) in [6, 6.07) is 14.3. The summed E-state index contributed by atoms with van der Waals surface area (Å²) in [5, 5.41) is 2.04. The third-order valence-corrected chi connectivity index (χ3v) is 7.04. The summed E-state index contributed by atoms with van der Waals surface area (Å²) < 4.78 is 13.7. The highest BCUT2D eigenvalue weighted by Gasteiger charge is 2.23. The molecule has 2 aromatic carbocycles. The predicted molar refractivity (Wildman–Crippen MR) is 138 cm³/mol. The molecule has 0 unspecified atom stereocenters. The van der Waals surface area contributed by atoms with E-state index in [9.17, 15) is 14.4 Å². The first-order valence-electron chi connectivity index (χ1n) is 10.8. The average molecular weight is 533 g/mol. The quantitative estimate of drug-likeness (QED) is 0.224. The monoisotopic (exact) mass is 532 g/mol. The smallest absolute Gasteiger partial charge is 0.331 e. The first-order valence-corrected chi connectivity index (χ1v) is 12.4. The Morgan fingerprint density at radius 1 is 1.06 bits per heavy atom. The second-order valence-electron chi connectivity index (χ2n) is 7.90. The number of hydrogen-bond donors (Lipinski definition) is 0. The molecule has 0 N–H and O–H groups in total. The van der Waals surface area contributed by atoms with E-state index in [1.54, 1.807) is 43.4 Å². The first-order chi connectivity index (χ1) is 16.7. The van der Waals surface area contributed by atoms with Gasteiger partial charge in [-0.2, -0.15) is 0 Å². The van der Waals surface area contributed by atoms with Gasteiger partial charge in [-0.25, -0.2) is 4.79 Å². The first kappa shape index (κ1) is 25.0. The van der Waals surface area contributed by atoms with Gasteiger partial charge >= 0.3 is 11.7 Å². The molecule has 0 spiro atoms. The number of aryl methyl sites for hydroxylation is 1. The standard InChI is InChI=1S/C25H22Cl2N2O5S/c1-15(30)33-12-4-11-29-22(31)21-20(13-16-7-9-17(26)10-8-16)24(35-23(21)28(2)25(29)32)34-19-6-3-5-18(27)14-19/h3,5-10,14H,4,11-13H2,1-2H3. The number of rotatable bonds is 8. The van der Waals surface area contributed by atoms with Crippen LogP contribution in [0, 0.1) is 0 Å². The van der Waals surface area contributed by atoms with Crippen LogP contribution in [0.15, 0.2) is 58.1 Å². The van der Waals surface area contributed by atoms with Crippen molar-refractivity contribution in [2.24, 2.45) is 7.05 Å². The van der Waals surface area contributed by atoms with Crippen molar-refractivity contribution in [2.75, 3.05) is 6.61 Å². The van der Waals surface area contributed by atoms with Gasteiger partial charge in [0, 0.05) is 42.5 Å². The molecule has 7 nitrogen and oxygen atoms in total. The summed E-state index contributed by atoms with van der Waals surface area (Å²) in [7, 11) is 1.62. The number of halogens is 2. The van der Waals surface area contributed by atoms with Crippen molar-refractivity contribution in [3.05, 3.63) is 90.5 Å². The van der Waals surface area contributed by atoms with E-state index in [1.807, 2.05) is 12.1 Å². The number of carbonyl (C=O) groups excluding carboxylic acids is 1. The molecule has 0 radical (unpaired) electrons. The molecular formula is C25H22Cl2N2O5S. The predicted octanol–water partition coefficient (Wildman–Crippen LogP) is 5.40. The highest BCUT2D eigenvalue weighted by Crippen LogP contribution is 2.40. The molecule has 0 saturated carbocycles. The minimum Gasteiger partial charge on any atom is -0.466 e. The number of aromatic nitrogens is 2. The largest absolute Gasteiger partial charge is 0.466 e. The summed E-state index contributed by atoms with van der Waals surface area (Å²) in [4.78, 5) is 38.1. The molecule has 2 heterocycles. The fraction of sp³-hybridized carbons (Fsp3) is 0.240. The third-order valence-electron chi connectivity index (χ3n) is 5.37. The van der Waals surface area contributed by atoms with Gasteiger partial charge < -0.3 is 9.47 Å². The number of carbonyl (C=O) groups is 1. The highest BCUT2D eigenvalue weighted by molar-refractivity contribution is 7.20. The Morgan fingerprint density at radius 2 is 1.80 bits per heavy atom. The molecule has 35 heavy (non-hydrogen) atoms. The van der Waals surface area contributed by atoms with E-state index < -0.39 is 17.2 Å². The van der Waals surface area contributed by atoms with Crippen molar-refractivity contribution in [2.45, 2.75) is 26.3 Å². The lowest BCUT2D eigenvalue weighted by atomic mass is 10.1. The van der Waals surface area contributed by atoms with Gasteiger partial charge in [0.25, 0.3) is 5.56 Å². The van der Waals surface area contributed by atoms with E-state index in [4.69, 9.17) is 32.7 Å². The fourth-order valence-corrected chi connectivity index (χ4v) is 5.15. The van der Waals surface area contributed by atoms with Crippen LogP contribution in [-0.2, 0) is 29.5 Å². The molecule has 182 valence electrons. The van der Waals surface area contributed by atoms with E-state index in [2.05, 4.69) is 0 Å². The van der Waals surface area contributed by atoms with E-state index in [-0.39, 0.29) is 13.2 Å². The average Bonchev–Trinajstić information content (AvgIpc) is 3.16. The van der Waals surface area contributed by atoms with Gasteiger partial charge in [-0.1, -0.05) is 52.7 Å². The number of benzene rings is 2. The summed E-state index contributed by atoms with van der Waals surface area (Å²) in [6.45, 7) is 1.55. The van der Waals surface area contributed by atoms with Crippen LogP contribution in [0.2, 0.25) is 10.0 Å². The molecule has 4 aromatic rings. The van der Waals surface area contributed by atoms with Crippen LogP contribution >= 0.6 is 34.5 Å². The van der Waals surface area contributed by atoms with Crippen LogP contribution in [-0.4, -0.2) is 21.7 Å². The van der Waals surface area contributed by atoms with Crippen LogP contribution in [0.25, 0.3) is 10.2 Å². The zero-order chi connectivity index (χ0) is 25.1. The second-order valence-corrected chi connectivity index (χ2v) is 9.74. The summed E-state index contributed by atoms with van der Waals surface area (Å²) in [6.07, 6.45) is 0.733. The molecule has 0 aliphatic heterocycles. The van der Waals surface area contributed by atoms with Crippen LogP contribution in [0.5, 0.6) is 10.8 Å². The Morgan fingerprint density at radius 3 is 2.49 bits per heavy atom. The Balaban J connectivity index is 1.84. The molecule has 0 amide bonds. The molecule has 2 aromatic heterocycles. The van der Waals surface area contributed by atoms with Crippen LogP contribution in [0.3, 0.4) is 0 Å². The van der Waals surface area contributed by atoms with E-state index in [0.29, 0.717) is 49.5 Å². The Labute approximate surface area is 215 Å². The van der Waals surface area contributed by atoms with Crippen molar-refractivity contribution < 1.29 is 14.3 Å². The number of fused-ring (bicyclic) bond motifs is 1. The molecular weight excluding hydrogens is 511 g/mol. The zero-order valence-electron chi connectivity index (χ0n) is 19.0. The maximum Gasteiger partial charge on any atom is 0.331 e. The molecule has 0 aliphatic carbocycles. The number of esters is 1. The van der Waals surface area contributed by atoms with Crippen LogP contribution < -0.4 is 16.0 Å². The molecule has 0 bridgehead atoms. The minimum absolute atomic E-state index is 0.118. The van der Waals surface area contributed by atoms with Crippen molar-refractivity contribution in [1.82, 2.24) is 9.13 Å². The lowest BCUT2D eigenvalue weighted by molar-refractivity contribution is -0.141. The Kier molecular flexibility index (Phi) is 7.64. The number of hydrogen-bond acceptors (Lipinski definition) is 6. The highest BCUT2D eigenvalue weighted by atomic mass is 35.5. The minimum atomic E-state index is -0.445. The van der Waals surface area contributed by atoms with Crippen molar-refractivity contribution in [1.29, 1.82) is 0 Å². The molecule has 0 aliphatic rings.